The highest BCUT2D eigenvalue weighted by atomic mass is 32.2. The summed E-state index contributed by atoms with van der Waals surface area (Å²) in [7, 11) is 0. The zero-order valence-corrected chi connectivity index (χ0v) is 15.1. The van der Waals surface area contributed by atoms with Crippen molar-refractivity contribution < 1.29 is 4.74 Å². The van der Waals surface area contributed by atoms with E-state index in [2.05, 4.69) is 40.1 Å². The maximum absolute atomic E-state index is 5.84. The van der Waals surface area contributed by atoms with E-state index in [4.69, 9.17) is 4.74 Å². The van der Waals surface area contributed by atoms with Crippen LogP contribution in [0.3, 0.4) is 0 Å². The first-order valence-electron chi connectivity index (χ1n) is 8.70. The molecule has 1 aromatic heterocycles. The third kappa shape index (κ3) is 4.29. The summed E-state index contributed by atoms with van der Waals surface area (Å²) in [6, 6.07) is 0. The zero-order valence-electron chi connectivity index (χ0n) is 14.3. The molecule has 2 saturated heterocycles. The Morgan fingerprint density at radius 1 is 1.30 bits per heavy atom. The lowest BCUT2D eigenvalue weighted by Gasteiger charge is -2.31. The highest BCUT2D eigenvalue weighted by molar-refractivity contribution is 7.99. The van der Waals surface area contributed by atoms with Crippen molar-refractivity contribution in [2.24, 2.45) is 5.92 Å². The quantitative estimate of drug-likeness (QED) is 0.589. The van der Waals surface area contributed by atoms with Gasteiger partial charge in [0.1, 0.15) is 0 Å². The highest BCUT2D eigenvalue weighted by Crippen LogP contribution is 2.28. The van der Waals surface area contributed by atoms with E-state index in [-0.39, 0.29) is 0 Å². The van der Waals surface area contributed by atoms with E-state index in [9.17, 15) is 0 Å². The first-order valence-corrected chi connectivity index (χ1v) is 9.69. The van der Waals surface area contributed by atoms with Crippen molar-refractivity contribution in [2.75, 3.05) is 30.3 Å². The molecule has 0 saturated carbocycles. The third-order valence-corrected chi connectivity index (χ3v) is 5.82. The Kier molecular flexibility index (Phi) is 5.64. The lowest BCUT2D eigenvalue weighted by molar-refractivity contribution is 0.0951. The molecule has 0 unspecified atom stereocenters. The lowest BCUT2D eigenvalue weighted by atomic mass is 10.00. The van der Waals surface area contributed by atoms with Crippen molar-refractivity contribution >= 4 is 17.7 Å². The molecule has 0 bridgehead atoms. The van der Waals surface area contributed by atoms with E-state index in [0.29, 0.717) is 6.10 Å². The second kappa shape index (κ2) is 7.71. The molecule has 1 aromatic rings. The first-order chi connectivity index (χ1) is 11.1. The average Bonchev–Trinajstić information content (AvgIpc) is 3.17. The van der Waals surface area contributed by atoms with Crippen molar-refractivity contribution in [2.45, 2.75) is 57.3 Å². The maximum atomic E-state index is 5.84. The summed E-state index contributed by atoms with van der Waals surface area (Å²) in [6.45, 7) is 12.3. The van der Waals surface area contributed by atoms with Crippen molar-refractivity contribution in [1.29, 1.82) is 0 Å². The fourth-order valence-corrected chi connectivity index (χ4v) is 3.96. The van der Waals surface area contributed by atoms with Gasteiger partial charge in [-0.05, 0) is 38.5 Å². The van der Waals surface area contributed by atoms with Gasteiger partial charge < -0.3 is 9.64 Å². The number of rotatable bonds is 6. The van der Waals surface area contributed by atoms with Crippen LogP contribution in [0.1, 0.15) is 39.5 Å². The van der Waals surface area contributed by atoms with Crippen LogP contribution in [-0.2, 0) is 11.3 Å². The fraction of sp³-hybridized carbons (Fsp3) is 0.765. The summed E-state index contributed by atoms with van der Waals surface area (Å²) in [5.41, 5.74) is 1.16. The topological polar surface area (TPSA) is 43.2 Å². The van der Waals surface area contributed by atoms with Crippen LogP contribution in [0.5, 0.6) is 0 Å². The predicted molar refractivity (Wildman–Crippen MR) is 95.1 cm³/mol. The number of nitrogens with zero attached hydrogens (tertiary/aromatic N) is 4. The molecule has 3 rings (SSSR count). The molecule has 3 heterocycles. The van der Waals surface area contributed by atoms with E-state index >= 15 is 0 Å². The van der Waals surface area contributed by atoms with Gasteiger partial charge in [-0.3, -0.25) is 4.57 Å². The van der Waals surface area contributed by atoms with Crippen LogP contribution in [0.4, 0.5) is 5.95 Å². The van der Waals surface area contributed by atoms with Crippen LogP contribution in [0.15, 0.2) is 17.3 Å². The summed E-state index contributed by atoms with van der Waals surface area (Å²) in [6.07, 6.45) is 5.08. The van der Waals surface area contributed by atoms with E-state index < -0.39 is 0 Å². The second-order valence-electron chi connectivity index (χ2n) is 6.94. The van der Waals surface area contributed by atoms with Gasteiger partial charge in [-0.15, -0.1) is 10.2 Å². The lowest BCUT2D eigenvalue weighted by Crippen LogP contribution is -2.35. The van der Waals surface area contributed by atoms with Crippen LogP contribution in [-0.4, -0.2) is 46.3 Å². The Morgan fingerprint density at radius 3 is 2.74 bits per heavy atom. The molecule has 2 fully saturated rings. The maximum Gasteiger partial charge on any atom is 0.228 e. The highest BCUT2D eigenvalue weighted by Gasteiger charge is 2.25. The molecule has 2 aliphatic rings. The molecule has 1 atom stereocenters. The average molecular weight is 337 g/mol. The molecule has 128 valence electrons. The van der Waals surface area contributed by atoms with Gasteiger partial charge in [0.2, 0.25) is 5.95 Å². The van der Waals surface area contributed by atoms with Crippen molar-refractivity contribution in [3.8, 4) is 0 Å². The van der Waals surface area contributed by atoms with Gasteiger partial charge in [0, 0.05) is 25.4 Å². The molecule has 0 amide bonds. The summed E-state index contributed by atoms with van der Waals surface area (Å²) >= 11 is 1.73. The molecular weight excluding hydrogens is 308 g/mol. The molecule has 23 heavy (non-hydrogen) atoms. The number of ether oxygens (including phenoxy) is 1. The Balaban J connectivity index is 1.77. The third-order valence-electron chi connectivity index (χ3n) is 4.62. The molecule has 0 radical (unpaired) electrons. The Labute approximate surface area is 143 Å². The van der Waals surface area contributed by atoms with Crippen LogP contribution in [0.2, 0.25) is 0 Å². The predicted octanol–water partition coefficient (Wildman–Crippen LogP) is 3.36. The van der Waals surface area contributed by atoms with E-state index in [0.717, 1.165) is 67.4 Å². The van der Waals surface area contributed by atoms with Gasteiger partial charge in [0.15, 0.2) is 5.16 Å². The normalized spacial score (nSPS) is 22.7. The minimum Gasteiger partial charge on any atom is -0.376 e. The minimum absolute atomic E-state index is 0.303. The standard InChI is InChI=1S/C17H28N4OS/c1-13(2)12-23-17-19-18-16(20-8-6-14(3)7-9-20)21(17)11-15-5-4-10-22-15/h14-15H,1,4-12H2,2-3H3/t15-/m0/s1. The van der Waals surface area contributed by atoms with Gasteiger partial charge in [-0.1, -0.05) is 30.8 Å². The first kappa shape index (κ1) is 16.8. The zero-order chi connectivity index (χ0) is 16.2. The van der Waals surface area contributed by atoms with Crippen molar-refractivity contribution in [1.82, 2.24) is 14.8 Å². The van der Waals surface area contributed by atoms with Crippen LogP contribution < -0.4 is 4.90 Å². The molecule has 0 N–H and O–H groups in total. The molecule has 0 spiro atoms. The number of thioether (sulfide) groups is 1. The number of hydrogen-bond donors (Lipinski definition) is 0. The van der Waals surface area contributed by atoms with Gasteiger partial charge in [0.05, 0.1) is 12.6 Å². The van der Waals surface area contributed by atoms with Crippen molar-refractivity contribution in [3.05, 3.63) is 12.2 Å². The summed E-state index contributed by atoms with van der Waals surface area (Å²) in [5.74, 6) is 2.73. The van der Waals surface area contributed by atoms with Crippen LogP contribution in [0.25, 0.3) is 0 Å². The number of piperidine rings is 1. The van der Waals surface area contributed by atoms with Crippen LogP contribution in [0, 0.1) is 5.92 Å². The molecule has 5 nitrogen and oxygen atoms in total. The largest absolute Gasteiger partial charge is 0.376 e. The SMILES string of the molecule is C=C(C)CSc1nnc(N2CCC(C)CC2)n1C[C@@H]1CCCO1. The van der Waals surface area contributed by atoms with E-state index in [1.54, 1.807) is 11.8 Å². The van der Waals surface area contributed by atoms with Gasteiger partial charge in [0.25, 0.3) is 0 Å². The monoisotopic (exact) mass is 336 g/mol. The smallest absolute Gasteiger partial charge is 0.228 e. The Bertz CT molecular complexity index is 531. The van der Waals surface area contributed by atoms with Gasteiger partial charge >= 0.3 is 0 Å². The second-order valence-corrected chi connectivity index (χ2v) is 7.89. The number of anilines is 1. The van der Waals surface area contributed by atoms with E-state index in [1.165, 1.54) is 12.8 Å². The molecule has 0 aliphatic carbocycles. The number of aromatic nitrogens is 3. The fourth-order valence-electron chi connectivity index (χ4n) is 3.17. The van der Waals surface area contributed by atoms with Gasteiger partial charge in [-0.25, -0.2) is 0 Å². The summed E-state index contributed by atoms with van der Waals surface area (Å²) < 4.78 is 8.12. The minimum atomic E-state index is 0.303. The molecule has 2 aliphatic heterocycles. The van der Waals surface area contributed by atoms with Crippen molar-refractivity contribution in [3.63, 3.8) is 0 Å². The summed E-state index contributed by atoms with van der Waals surface area (Å²) in [4.78, 5) is 2.40. The number of hydrogen-bond acceptors (Lipinski definition) is 5. The van der Waals surface area contributed by atoms with Crippen LogP contribution >= 0.6 is 11.8 Å². The summed E-state index contributed by atoms with van der Waals surface area (Å²) in [5, 5.41) is 9.98. The van der Waals surface area contributed by atoms with E-state index in [1.807, 2.05) is 0 Å². The Hall–Kier alpha value is -1.01. The Morgan fingerprint density at radius 2 is 2.09 bits per heavy atom. The van der Waals surface area contributed by atoms with Gasteiger partial charge in [-0.2, -0.15) is 0 Å². The molecule has 6 heteroatoms. The molecular formula is C17H28N4OS. The molecule has 0 aromatic carbocycles.